The number of unbranched alkanes of at least 4 members (excludes halogenated alkanes) is 1. The van der Waals surface area contributed by atoms with Crippen LogP contribution in [0.1, 0.15) is 40.0 Å². The molecule has 1 heterocycles. The smallest absolute Gasteiger partial charge is 0.453 e. The molecule has 12 nitrogen and oxygen atoms in total. The zero-order valence-corrected chi connectivity index (χ0v) is 20.4. The van der Waals surface area contributed by atoms with E-state index in [1.807, 2.05) is 0 Å². The van der Waals surface area contributed by atoms with Crippen LogP contribution in [0.5, 0.6) is 5.75 Å². The van der Waals surface area contributed by atoms with Crippen molar-refractivity contribution in [2.24, 2.45) is 11.5 Å². The Kier molecular flexibility index (Phi) is 12.7. The molecule has 12 heteroatoms. The number of rotatable bonds is 10. The highest BCUT2D eigenvalue weighted by atomic mass is 16.8. The molecule has 2 atom stereocenters. The summed E-state index contributed by atoms with van der Waals surface area (Å²) < 4.78 is 15.0. The van der Waals surface area contributed by atoms with E-state index in [9.17, 15) is 9.59 Å². The van der Waals surface area contributed by atoms with Crippen LogP contribution in [0, 0.1) is 0 Å². The highest BCUT2D eigenvalue weighted by Gasteiger charge is 2.15. The van der Waals surface area contributed by atoms with Crippen LogP contribution in [0.4, 0.5) is 27.8 Å². The van der Waals surface area contributed by atoms with Crippen molar-refractivity contribution in [3.8, 4) is 5.75 Å². The van der Waals surface area contributed by atoms with Gasteiger partial charge in [0.1, 0.15) is 17.4 Å². The van der Waals surface area contributed by atoms with E-state index < -0.39 is 18.5 Å². The van der Waals surface area contributed by atoms with Gasteiger partial charge in [0.2, 0.25) is 12.2 Å². The number of benzene rings is 1. The Morgan fingerprint density at radius 3 is 2.26 bits per heavy atom. The third-order valence-electron chi connectivity index (χ3n) is 4.32. The van der Waals surface area contributed by atoms with E-state index in [4.69, 9.17) is 42.9 Å². The van der Waals surface area contributed by atoms with Crippen molar-refractivity contribution >= 4 is 35.1 Å². The summed E-state index contributed by atoms with van der Waals surface area (Å²) in [4.78, 5) is 26.8. The van der Waals surface area contributed by atoms with Crippen LogP contribution in [-0.4, -0.2) is 42.0 Å². The van der Waals surface area contributed by atoms with Gasteiger partial charge in [-0.1, -0.05) is 18.6 Å². The molecule has 0 aliphatic carbocycles. The minimum Gasteiger partial charge on any atom is -0.453 e. The van der Waals surface area contributed by atoms with Gasteiger partial charge in [0, 0.05) is 6.92 Å². The number of carbonyl (C=O) groups excluding carboxylic acids is 2. The lowest BCUT2D eigenvalue weighted by molar-refractivity contribution is -0.117. The predicted octanol–water partition coefficient (Wildman–Crippen LogP) is 2.20. The Hall–Kier alpha value is -3.77. The molecule has 2 rings (SSSR count). The summed E-state index contributed by atoms with van der Waals surface area (Å²) in [5.74, 6) is 0.714. The van der Waals surface area contributed by atoms with E-state index in [0.717, 1.165) is 12.8 Å². The van der Waals surface area contributed by atoms with Gasteiger partial charge < -0.3 is 48.2 Å². The quantitative estimate of drug-likeness (QED) is 0.122. The average Bonchev–Trinajstić information content (AvgIpc) is 2.77. The van der Waals surface area contributed by atoms with Gasteiger partial charge >= 0.3 is 6.16 Å². The van der Waals surface area contributed by atoms with Crippen molar-refractivity contribution in [1.82, 2.24) is 4.98 Å². The predicted molar refractivity (Wildman–Crippen MR) is 136 cm³/mol. The third-order valence-corrected chi connectivity index (χ3v) is 4.32. The number of nitrogen functional groups attached to an aromatic ring is 3. The molecule has 0 aliphatic rings. The number of hydrogen-bond donors (Lipinski definition) is 6. The molecule has 1 aromatic carbocycles. The molecule has 0 bridgehead atoms. The lowest BCUT2D eigenvalue weighted by Crippen LogP contribution is -2.35. The number of ether oxygens (including phenoxy) is 3. The molecule has 2 unspecified atom stereocenters. The first-order valence-corrected chi connectivity index (χ1v) is 11.2. The van der Waals surface area contributed by atoms with Gasteiger partial charge in [0.25, 0.3) is 0 Å². The maximum Gasteiger partial charge on any atom is 0.511 e. The van der Waals surface area contributed by atoms with Crippen molar-refractivity contribution in [3.05, 3.63) is 36.4 Å². The maximum absolute atomic E-state index is 11.7. The summed E-state index contributed by atoms with van der Waals surface area (Å²) >= 11 is 0. The molecule has 0 fully saturated rings. The molecule has 1 amide bonds. The van der Waals surface area contributed by atoms with Gasteiger partial charge in [0.15, 0.2) is 0 Å². The molecule has 0 radical (unpaired) electrons. The fraction of sp³-hybridized carbons (Fsp3) is 0.435. The summed E-state index contributed by atoms with van der Waals surface area (Å²) in [6, 6.07) is 9.56. The molecular formula is C23H37N7O5. The molecule has 0 aliphatic heterocycles. The minimum atomic E-state index is -0.762. The number of nitrogens with zero attached hydrogens (tertiary/aromatic N) is 1. The second-order valence-electron chi connectivity index (χ2n) is 7.81. The Morgan fingerprint density at radius 2 is 1.66 bits per heavy atom. The molecule has 1 aromatic heterocycles. The lowest BCUT2D eigenvalue weighted by atomic mass is 10.1. The number of hydrogen-bond acceptors (Lipinski definition) is 11. The normalized spacial score (nSPS) is 12.1. The zero-order chi connectivity index (χ0) is 26.4. The minimum absolute atomic E-state index is 0.185. The van der Waals surface area contributed by atoms with Crippen LogP contribution in [0.2, 0.25) is 0 Å². The first-order valence-electron chi connectivity index (χ1n) is 11.2. The number of para-hydroxylation sites is 2. The van der Waals surface area contributed by atoms with Crippen LogP contribution in [0.3, 0.4) is 0 Å². The number of anilines is 4. The van der Waals surface area contributed by atoms with Gasteiger partial charge in [-0.25, -0.2) is 9.78 Å². The first kappa shape index (κ1) is 29.3. The van der Waals surface area contributed by atoms with Crippen LogP contribution in [0.25, 0.3) is 0 Å². The van der Waals surface area contributed by atoms with Gasteiger partial charge in [0.05, 0.1) is 23.5 Å². The SMILES string of the molecule is CC(C)OC(=O)OC(C)Oc1ccccc1N.NCCCCC(N)C(=O)Nc1ccc(N)c(N)n1. The van der Waals surface area contributed by atoms with Crippen LogP contribution in [-0.2, 0) is 14.3 Å². The molecule has 194 valence electrons. The Balaban J connectivity index is 0.000000351. The first-order chi connectivity index (χ1) is 16.5. The number of aromatic nitrogens is 1. The number of carbonyl (C=O) groups is 2. The van der Waals surface area contributed by atoms with Crippen molar-refractivity contribution in [2.45, 2.75) is 58.5 Å². The van der Waals surface area contributed by atoms with Crippen LogP contribution < -0.4 is 38.7 Å². The highest BCUT2D eigenvalue weighted by Crippen LogP contribution is 2.21. The van der Waals surface area contributed by atoms with Crippen molar-refractivity contribution in [2.75, 3.05) is 29.1 Å². The van der Waals surface area contributed by atoms with E-state index >= 15 is 0 Å². The molecule has 0 spiro atoms. The summed E-state index contributed by atoms with van der Waals surface area (Å²) in [7, 11) is 0. The fourth-order valence-electron chi connectivity index (χ4n) is 2.56. The van der Waals surface area contributed by atoms with E-state index in [2.05, 4.69) is 10.3 Å². The van der Waals surface area contributed by atoms with Crippen molar-refractivity contribution in [1.29, 1.82) is 0 Å². The van der Waals surface area contributed by atoms with Crippen molar-refractivity contribution in [3.63, 3.8) is 0 Å². The zero-order valence-electron chi connectivity index (χ0n) is 20.4. The van der Waals surface area contributed by atoms with Gasteiger partial charge in [-0.15, -0.1) is 0 Å². The van der Waals surface area contributed by atoms with E-state index in [1.165, 1.54) is 0 Å². The topological polar surface area (TPSA) is 217 Å². The molecule has 35 heavy (non-hydrogen) atoms. The Bertz CT molecular complexity index is 942. The molecule has 0 saturated carbocycles. The Morgan fingerprint density at radius 1 is 0.971 bits per heavy atom. The summed E-state index contributed by atoms with van der Waals surface area (Å²) in [5, 5.41) is 2.59. The standard InChI is InChI=1S/C12H17NO4.C11H20N6O/c1-8(2)15-12(14)17-9(3)16-11-7-5-4-6-10(11)13;12-6-2-1-3-8(14)11(18)17-9-5-4-7(13)10(15)16-9/h4-9H,13H2,1-3H3;4-5,8H,1-3,6,12-14H2,(H3,15,16,17,18). The second-order valence-corrected chi connectivity index (χ2v) is 7.81. The number of amides is 1. The molecular weight excluding hydrogens is 454 g/mol. The van der Waals surface area contributed by atoms with Crippen LogP contribution in [0.15, 0.2) is 36.4 Å². The summed E-state index contributed by atoms with van der Waals surface area (Å²) in [6.07, 6.45) is 0.522. The van der Waals surface area contributed by atoms with Gasteiger partial charge in [-0.2, -0.15) is 0 Å². The number of nitrogens with one attached hydrogen (secondary N) is 1. The van der Waals surface area contributed by atoms with E-state index in [1.54, 1.807) is 57.2 Å². The number of nitrogens with two attached hydrogens (primary N) is 5. The fourth-order valence-corrected chi connectivity index (χ4v) is 2.56. The molecule has 11 N–H and O–H groups in total. The third kappa shape index (κ3) is 11.8. The van der Waals surface area contributed by atoms with E-state index in [0.29, 0.717) is 35.9 Å². The van der Waals surface area contributed by atoms with Gasteiger partial charge in [-0.05, 0) is 57.5 Å². The second kappa shape index (κ2) is 15.2. The average molecular weight is 492 g/mol. The molecule has 0 saturated heterocycles. The van der Waals surface area contributed by atoms with E-state index in [-0.39, 0.29) is 17.8 Å². The summed E-state index contributed by atoms with van der Waals surface area (Å²) in [6.45, 7) is 5.67. The van der Waals surface area contributed by atoms with Crippen LogP contribution >= 0.6 is 0 Å². The summed E-state index contributed by atoms with van der Waals surface area (Å²) in [5.41, 5.74) is 28.7. The van der Waals surface area contributed by atoms with Gasteiger partial charge in [-0.3, -0.25) is 4.79 Å². The molecule has 2 aromatic rings. The highest BCUT2D eigenvalue weighted by molar-refractivity contribution is 5.94. The lowest BCUT2D eigenvalue weighted by Gasteiger charge is -2.17. The number of pyridine rings is 1. The maximum atomic E-state index is 11.7. The Labute approximate surface area is 205 Å². The largest absolute Gasteiger partial charge is 0.511 e. The monoisotopic (exact) mass is 491 g/mol. The van der Waals surface area contributed by atoms with Crippen molar-refractivity contribution < 1.29 is 23.8 Å².